The molecule has 0 aliphatic heterocycles. The van der Waals surface area contributed by atoms with Crippen LogP contribution < -0.4 is 5.73 Å². The van der Waals surface area contributed by atoms with E-state index in [9.17, 15) is 0 Å². The summed E-state index contributed by atoms with van der Waals surface area (Å²) in [6.45, 7) is 2.69. The number of nitrogens with two attached hydrogens (primary N) is 1. The van der Waals surface area contributed by atoms with Crippen molar-refractivity contribution < 1.29 is 0 Å². The largest absolute Gasteiger partial charge is 0.330 e. The van der Waals surface area contributed by atoms with Crippen molar-refractivity contribution in [2.24, 2.45) is 5.73 Å². The second-order valence-electron chi connectivity index (χ2n) is 4.66. The zero-order valence-corrected chi connectivity index (χ0v) is 10.9. The number of hydrogen-bond donors (Lipinski definition) is 1. The fourth-order valence-electron chi connectivity index (χ4n) is 2.16. The summed E-state index contributed by atoms with van der Waals surface area (Å²) in [5, 5.41) is 4.60. The number of aryl methyl sites for hydroxylation is 1. The van der Waals surface area contributed by atoms with Crippen LogP contribution in [-0.4, -0.2) is 21.1 Å². The Balaban J connectivity index is 2.05. The zero-order chi connectivity index (χ0) is 13.2. The van der Waals surface area contributed by atoms with Crippen LogP contribution >= 0.6 is 0 Å². The predicted molar refractivity (Wildman–Crippen MR) is 75.9 cm³/mol. The lowest BCUT2D eigenvalue weighted by Gasteiger charge is -2.02. The summed E-state index contributed by atoms with van der Waals surface area (Å²) in [5.41, 5.74) is 10.7. The number of fused-ring (bicyclic) bond motifs is 1. The van der Waals surface area contributed by atoms with Crippen molar-refractivity contribution in [1.82, 2.24) is 14.6 Å². The summed E-state index contributed by atoms with van der Waals surface area (Å²) in [7, 11) is 0. The van der Waals surface area contributed by atoms with Crippen LogP contribution in [0.2, 0.25) is 0 Å². The molecule has 3 aromatic rings. The van der Waals surface area contributed by atoms with Gasteiger partial charge in [-0.1, -0.05) is 23.8 Å². The maximum atomic E-state index is 5.55. The van der Waals surface area contributed by atoms with E-state index in [2.05, 4.69) is 35.2 Å². The molecule has 3 rings (SSSR count). The van der Waals surface area contributed by atoms with Gasteiger partial charge in [0.15, 0.2) is 5.65 Å². The van der Waals surface area contributed by atoms with E-state index in [1.807, 2.05) is 28.9 Å². The quantitative estimate of drug-likeness (QED) is 0.777. The fraction of sp³-hybridized carbons (Fsp3) is 0.200. The van der Waals surface area contributed by atoms with Crippen LogP contribution in [-0.2, 0) is 6.42 Å². The molecular formula is C15H16N4. The Morgan fingerprint density at radius 3 is 2.89 bits per heavy atom. The van der Waals surface area contributed by atoms with Crippen LogP contribution in [0.4, 0.5) is 0 Å². The van der Waals surface area contributed by atoms with Crippen molar-refractivity contribution in [2.45, 2.75) is 13.3 Å². The maximum Gasteiger partial charge on any atom is 0.153 e. The van der Waals surface area contributed by atoms with Gasteiger partial charge < -0.3 is 5.73 Å². The molecule has 4 nitrogen and oxygen atoms in total. The van der Waals surface area contributed by atoms with Gasteiger partial charge in [-0.15, -0.1) is 0 Å². The van der Waals surface area contributed by atoms with Crippen molar-refractivity contribution in [3.8, 4) is 11.3 Å². The average Bonchev–Trinajstić information content (AvgIpc) is 2.80. The van der Waals surface area contributed by atoms with Gasteiger partial charge in [0, 0.05) is 12.0 Å². The van der Waals surface area contributed by atoms with Crippen molar-refractivity contribution in [3.63, 3.8) is 0 Å². The molecule has 19 heavy (non-hydrogen) atoms. The Morgan fingerprint density at radius 2 is 2.11 bits per heavy atom. The minimum absolute atomic E-state index is 0.606. The first-order valence-electron chi connectivity index (χ1n) is 6.39. The lowest BCUT2D eigenvalue weighted by molar-refractivity contribution is 0.917. The molecule has 2 aromatic heterocycles. The number of aromatic nitrogens is 3. The molecule has 0 aliphatic carbocycles. The van der Waals surface area contributed by atoms with Gasteiger partial charge in [0.25, 0.3) is 0 Å². The smallest absolute Gasteiger partial charge is 0.153 e. The van der Waals surface area contributed by atoms with E-state index >= 15 is 0 Å². The Kier molecular flexibility index (Phi) is 3.01. The van der Waals surface area contributed by atoms with E-state index in [0.29, 0.717) is 6.54 Å². The molecule has 0 saturated carbocycles. The second-order valence-corrected chi connectivity index (χ2v) is 4.66. The molecule has 0 amide bonds. The molecule has 96 valence electrons. The standard InChI is InChI=1S/C15H16N4/c1-11-3-2-4-12(9-11)14-5-6-15-17-13(7-8-16)10-19(15)18-14/h2-6,9-10H,7-8,16H2,1H3. The maximum absolute atomic E-state index is 5.55. The summed E-state index contributed by atoms with van der Waals surface area (Å²) in [4.78, 5) is 4.48. The van der Waals surface area contributed by atoms with Gasteiger partial charge in [-0.2, -0.15) is 5.10 Å². The van der Waals surface area contributed by atoms with Gasteiger partial charge in [0.2, 0.25) is 0 Å². The third-order valence-electron chi connectivity index (χ3n) is 3.08. The van der Waals surface area contributed by atoms with Gasteiger partial charge in [-0.25, -0.2) is 9.50 Å². The van der Waals surface area contributed by atoms with Crippen LogP contribution in [0.5, 0.6) is 0 Å². The van der Waals surface area contributed by atoms with Crippen LogP contribution in [0.1, 0.15) is 11.3 Å². The molecule has 0 spiro atoms. The molecule has 0 fully saturated rings. The van der Waals surface area contributed by atoms with Crippen molar-refractivity contribution in [3.05, 3.63) is 53.9 Å². The number of imidazole rings is 1. The predicted octanol–water partition coefficient (Wildman–Crippen LogP) is 2.21. The zero-order valence-electron chi connectivity index (χ0n) is 10.9. The average molecular weight is 252 g/mol. The second kappa shape index (κ2) is 4.82. The Hall–Kier alpha value is -2.20. The topological polar surface area (TPSA) is 56.2 Å². The van der Waals surface area contributed by atoms with Crippen molar-refractivity contribution in [1.29, 1.82) is 0 Å². The van der Waals surface area contributed by atoms with Gasteiger partial charge in [0.1, 0.15) is 0 Å². The first-order chi connectivity index (χ1) is 9.26. The van der Waals surface area contributed by atoms with Gasteiger partial charge in [-0.05, 0) is 31.7 Å². The molecule has 1 aromatic carbocycles. The van der Waals surface area contributed by atoms with E-state index in [1.54, 1.807) is 0 Å². The Morgan fingerprint density at radius 1 is 1.21 bits per heavy atom. The van der Waals surface area contributed by atoms with Crippen LogP contribution in [0.15, 0.2) is 42.6 Å². The van der Waals surface area contributed by atoms with Crippen LogP contribution in [0, 0.1) is 6.92 Å². The number of hydrogen-bond acceptors (Lipinski definition) is 3. The molecule has 0 bridgehead atoms. The number of rotatable bonds is 3. The summed E-state index contributed by atoms with van der Waals surface area (Å²) in [6.07, 6.45) is 2.73. The van der Waals surface area contributed by atoms with Gasteiger partial charge in [-0.3, -0.25) is 0 Å². The molecule has 0 saturated heterocycles. The first kappa shape index (κ1) is 11.9. The highest BCUT2D eigenvalue weighted by Crippen LogP contribution is 2.18. The van der Waals surface area contributed by atoms with Gasteiger partial charge >= 0.3 is 0 Å². The fourth-order valence-corrected chi connectivity index (χ4v) is 2.16. The van der Waals surface area contributed by atoms with E-state index in [1.165, 1.54) is 5.56 Å². The number of nitrogens with zero attached hydrogens (tertiary/aromatic N) is 3. The summed E-state index contributed by atoms with van der Waals surface area (Å²) >= 11 is 0. The monoisotopic (exact) mass is 252 g/mol. The van der Waals surface area contributed by atoms with Crippen molar-refractivity contribution >= 4 is 5.65 Å². The summed E-state index contributed by atoms with van der Waals surface area (Å²) in [6, 6.07) is 12.3. The van der Waals surface area contributed by atoms with Gasteiger partial charge in [0.05, 0.1) is 17.6 Å². The highest BCUT2D eigenvalue weighted by atomic mass is 15.2. The highest BCUT2D eigenvalue weighted by Gasteiger charge is 2.05. The van der Waals surface area contributed by atoms with E-state index < -0.39 is 0 Å². The third-order valence-corrected chi connectivity index (χ3v) is 3.08. The normalized spacial score (nSPS) is 11.1. The minimum Gasteiger partial charge on any atom is -0.330 e. The lowest BCUT2D eigenvalue weighted by atomic mass is 10.1. The van der Waals surface area contributed by atoms with Crippen LogP contribution in [0.3, 0.4) is 0 Å². The third kappa shape index (κ3) is 2.35. The minimum atomic E-state index is 0.606. The molecule has 4 heteroatoms. The SMILES string of the molecule is Cc1cccc(-c2ccc3nc(CCN)cn3n2)c1. The molecule has 0 radical (unpaired) electrons. The van der Waals surface area contributed by atoms with Crippen LogP contribution in [0.25, 0.3) is 16.9 Å². The summed E-state index contributed by atoms with van der Waals surface area (Å²) in [5.74, 6) is 0. The molecule has 2 N–H and O–H groups in total. The molecule has 0 unspecified atom stereocenters. The number of benzene rings is 1. The molecule has 0 aliphatic rings. The molecular weight excluding hydrogens is 236 g/mol. The van der Waals surface area contributed by atoms with E-state index in [-0.39, 0.29) is 0 Å². The highest BCUT2D eigenvalue weighted by molar-refractivity contribution is 5.61. The molecule has 2 heterocycles. The van der Waals surface area contributed by atoms with E-state index in [4.69, 9.17) is 5.73 Å². The Labute approximate surface area is 111 Å². The summed E-state index contributed by atoms with van der Waals surface area (Å²) < 4.78 is 1.82. The Bertz CT molecular complexity index is 715. The molecule has 0 atom stereocenters. The van der Waals surface area contributed by atoms with Crippen molar-refractivity contribution in [2.75, 3.05) is 6.54 Å². The lowest BCUT2D eigenvalue weighted by Crippen LogP contribution is -2.02. The first-order valence-corrected chi connectivity index (χ1v) is 6.39. The van der Waals surface area contributed by atoms with E-state index in [0.717, 1.165) is 29.0 Å².